The molecule has 0 aliphatic carbocycles. The van der Waals surface area contributed by atoms with Gasteiger partial charge in [0, 0.05) is 25.6 Å². The van der Waals surface area contributed by atoms with Crippen molar-refractivity contribution in [3.8, 4) is 23.3 Å². The molecule has 10 heteroatoms. The highest BCUT2D eigenvalue weighted by molar-refractivity contribution is 6.00. The van der Waals surface area contributed by atoms with Gasteiger partial charge in [-0.1, -0.05) is 24.8 Å². The lowest BCUT2D eigenvalue weighted by Gasteiger charge is -2.24. The van der Waals surface area contributed by atoms with E-state index in [1.807, 2.05) is 25.1 Å². The fourth-order valence-electron chi connectivity index (χ4n) is 4.41. The van der Waals surface area contributed by atoms with Gasteiger partial charge in [-0.25, -0.2) is 9.78 Å². The van der Waals surface area contributed by atoms with Crippen LogP contribution in [0.5, 0.6) is 5.75 Å². The number of fused-ring (bicyclic) bond motifs is 5. The van der Waals surface area contributed by atoms with Crippen LogP contribution in [0.15, 0.2) is 36.4 Å². The lowest BCUT2D eigenvalue weighted by atomic mass is 10.1. The summed E-state index contributed by atoms with van der Waals surface area (Å²) in [6.07, 6.45) is 0.462. The first kappa shape index (κ1) is 26.9. The van der Waals surface area contributed by atoms with E-state index in [0.29, 0.717) is 41.8 Å². The van der Waals surface area contributed by atoms with E-state index in [1.165, 1.54) is 12.1 Å². The Morgan fingerprint density at radius 2 is 2.00 bits per heavy atom. The summed E-state index contributed by atoms with van der Waals surface area (Å²) >= 11 is 0. The van der Waals surface area contributed by atoms with Crippen molar-refractivity contribution in [2.45, 2.75) is 58.8 Å². The zero-order valence-corrected chi connectivity index (χ0v) is 22.0. The van der Waals surface area contributed by atoms with E-state index in [4.69, 9.17) is 14.5 Å². The molecule has 38 heavy (non-hydrogen) atoms. The number of nitrogens with one attached hydrogen (secondary N) is 1. The van der Waals surface area contributed by atoms with Crippen LogP contribution < -0.4 is 10.1 Å². The van der Waals surface area contributed by atoms with E-state index < -0.39 is 18.3 Å². The maximum Gasteiger partial charge on any atom is 0.407 e. The number of imidazole rings is 1. The van der Waals surface area contributed by atoms with Crippen LogP contribution in [0.2, 0.25) is 0 Å². The predicted octanol–water partition coefficient (Wildman–Crippen LogP) is 5.43. The van der Waals surface area contributed by atoms with Crippen molar-refractivity contribution in [2.24, 2.45) is 0 Å². The van der Waals surface area contributed by atoms with Gasteiger partial charge in [-0.15, -0.1) is 0 Å². The SMILES string of the molecule is CCC1c2nc3ccc(C#CCCNC(=O)OC(C)(C)C)cc3n2-c2c(OC(F)F)cccc2C(=O)N1C. The average Bonchev–Trinajstić information content (AvgIpc) is 3.16. The van der Waals surface area contributed by atoms with Crippen LogP contribution in [0, 0.1) is 11.8 Å². The molecule has 0 fully saturated rings. The van der Waals surface area contributed by atoms with Crippen LogP contribution in [-0.2, 0) is 4.74 Å². The Morgan fingerprint density at radius 1 is 1.24 bits per heavy atom. The second-order valence-electron chi connectivity index (χ2n) is 9.86. The van der Waals surface area contributed by atoms with E-state index >= 15 is 0 Å². The van der Waals surface area contributed by atoms with Crippen LogP contribution in [0.4, 0.5) is 13.6 Å². The summed E-state index contributed by atoms with van der Waals surface area (Å²) in [5.41, 5.74) is 1.81. The summed E-state index contributed by atoms with van der Waals surface area (Å²) in [6.45, 7) is 4.56. The summed E-state index contributed by atoms with van der Waals surface area (Å²) in [6, 6.07) is 9.60. The van der Waals surface area contributed by atoms with Crippen LogP contribution in [0.3, 0.4) is 0 Å². The van der Waals surface area contributed by atoms with Crippen LogP contribution in [-0.4, -0.2) is 52.3 Å². The molecule has 1 aromatic heterocycles. The minimum Gasteiger partial charge on any atom is -0.444 e. The smallest absolute Gasteiger partial charge is 0.407 e. The average molecular weight is 525 g/mol. The molecule has 3 aromatic rings. The third-order valence-electron chi connectivity index (χ3n) is 5.97. The molecule has 0 spiro atoms. The Kier molecular flexibility index (Phi) is 7.58. The zero-order valence-electron chi connectivity index (χ0n) is 22.0. The molecule has 1 N–H and O–H groups in total. The van der Waals surface area contributed by atoms with E-state index in [2.05, 4.69) is 17.2 Å². The highest BCUT2D eigenvalue weighted by atomic mass is 19.3. The summed E-state index contributed by atoms with van der Waals surface area (Å²) < 4.78 is 38.4. The summed E-state index contributed by atoms with van der Waals surface area (Å²) in [4.78, 5) is 31.5. The summed E-state index contributed by atoms with van der Waals surface area (Å²) in [5.74, 6) is 6.23. The molecule has 0 bridgehead atoms. The maximum atomic E-state index is 13.3. The molecule has 0 saturated heterocycles. The molecule has 8 nitrogen and oxygen atoms in total. The molecule has 2 amide bonds. The molecule has 1 unspecified atom stereocenters. The number of hydrogen-bond acceptors (Lipinski definition) is 5. The van der Waals surface area contributed by atoms with E-state index in [1.54, 1.807) is 43.4 Å². The fourth-order valence-corrected chi connectivity index (χ4v) is 4.41. The van der Waals surface area contributed by atoms with Gasteiger partial charge in [-0.05, 0) is 57.5 Å². The Hall–Kier alpha value is -4.13. The van der Waals surface area contributed by atoms with Gasteiger partial charge in [0.2, 0.25) is 0 Å². The van der Waals surface area contributed by atoms with Crippen molar-refractivity contribution >= 4 is 23.0 Å². The standard InChI is InChI=1S/C28H30F2N4O4/c1-6-20-24-32-19-14-13-17(10-7-8-15-31-27(36)38-28(2,3)4)16-21(19)34(24)23-18(25(35)33(20)5)11-9-12-22(23)37-26(29)30/h9,11-14,16,20,26H,6,8,15H2,1-5H3,(H,31,36). The first-order valence-corrected chi connectivity index (χ1v) is 12.3. The van der Waals surface area contributed by atoms with Gasteiger partial charge >= 0.3 is 12.7 Å². The number of carbonyl (C=O) groups excluding carboxylic acids is 2. The Balaban J connectivity index is 1.73. The Labute approximate surface area is 219 Å². The quantitative estimate of drug-likeness (QED) is 0.355. The largest absolute Gasteiger partial charge is 0.444 e. The predicted molar refractivity (Wildman–Crippen MR) is 139 cm³/mol. The minimum absolute atomic E-state index is 0.110. The molecule has 0 radical (unpaired) electrons. The number of benzene rings is 2. The molecule has 2 aromatic carbocycles. The van der Waals surface area contributed by atoms with Crippen LogP contribution in [0.1, 0.15) is 68.3 Å². The van der Waals surface area contributed by atoms with Gasteiger partial charge in [-0.2, -0.15) is 8.78 Å². The molecule has 1 atom stereocenters. The minimum atomic E-state index is -3.06. The van der Waals surface area contributed by atoms with Crippen molar-refractivity contribution in [1.82, 2.24) is 19.8 Å². The van der Waals surface area contributed by atoms with Gasteiger partial charge in [0.1, 0.15) is 17.1 Å². The van der Waals surface area contributed by atoms with Gasteiger partial charge < -0.3 is 19.7 Å². The second kappa shape index (κ2) is 10.7. The van der Waals surface area contributed by atoms with Gasteiger partial charge in [0.25, 0.3) is 5.91 Å². The molecular formula is C28H30F2N4O4. The third-order valence-corrected chi connectivity index (χ3v) is 5.97. The lowest BCUT2D eigenvalue weighted by Crippen LogP contribution is -2.32. The first-order chi connectivity index (χ1) is 18.0. The maximum absolute atomic E-state index is 13.3. The highest BCUT2D eigenvalue weighted by Crippen LogP contribution is 2.40. The summed E-state index contributed by atoms with van der Waals surface area (Å²) in [7, 11) is 1.68. The number of alkyl halides is 2. The Bertz CT molecular complexity index is 1430. The van der Waals surface area contributed by atoms with E-state index in [0.717, 1.165) is 0 Å². The molecule has 1 aliphatic heterocycles. The third kappa shape index (κ3) is 5.57. The molecule has 2 heterocycles. The highest BCUT2D eigenvalue weighted by Gasteiger charge is 2.35. The number of hydrogen-bond donors (Lipinski definition) is 1. The number of ether oxygens (including phenoxy) is 2. The molecule has 4 rings (SSSR count). The number of para-hydroxylation sites is 1. The molecule has 0 saturated carbocycles. The van der Waals surface area contributed by atoms with Crippen LogP contribution in [0.25, 0.3) is 16.7 Å². The second-order valence-corrected chi connectivity index (χ2v) is 9.86. The van der Waals surface area contributed by atoms with Crippen molar-refractivity contribution in [3.63, 3.8) is 0 Å². The Morgan fingerprint density at radius 3 is 2.68 bits per heavy atom. The van der Waals surface area contributed by atoms with Gasteiger partial charge in [0.05, 0.1) is 22.6 Å². The summed E-state index contributed by atoms with van der Waals surface area (Å²) in [5, 5.41) is 2.66. The van der Waals surface area contributed by atoms with Gasteiger partial charge in [-0.3, -0.25) is 9.36 Å². The number of nitrogens with zero attached hydrogens (tertiary/aromatic N) is 3. The number of halogens is 2. The zero-order chi connectivity index (χ0) is 27.6. The van der Waals surface area contributed by atoms with Crippen molar-refractivity contribution in [1.29, 1.82) is 0 Å². The normalized spacial score (nSPS) is 14.9. The van der Waals surface area contributed by atoms with Crippen molar-refractivity contribution in [2.75, 3.05) is 13.6 Å². The molecule has 200 valence electrons. The fraction of sp³-hybridized carbons (Fsp3) is 0.393. The molecule has 1 aliphatic rings. The number of aromatic nitrogens is 2. The topological polar surface area (TPSA) is 85.7 Å². The number of alkyl carbamates (subject to hydrolysis) is 1. The van der Waals surface area contributed by atoms with Gasteiger partial charge in [0.15, 0.2) is 5.75 Å². The molecular weight excluding hydrogens is 494 g/mol. The van der Waals surface area contributed by atoms with Crippen LogP contribution >= 0.6 is 0 Å². The van der Waals surface area contributed by atoms with E-state index in [-0.39, 0.29) is 28.9 Å². The monoisotopic (exact) mass is 524 g/mol. The number of rotatable bonds is 5. The number of amides is 2. The van der Waals surface area contributed by atoms with Crippen molar-refractivity contribution in [3.05, 3.63) is 53.3 Å². The van der Waals surface area contributed by atoms with E-state index in [9.17, 15) is 18.4 Å². The number of carbonyl (C=O) groups is 2. The lowest BCUT2D eigenvalue weighted by molar-refractivity contribution is -0.0498. The van der Waals surface area contributed by atoms with Crippen molar-refractivity contribution < 1.29 is 27.8 Å². The first-order valence-electron chi connectivity index (χ1n) is 12.3.